The molecule has 0 aliphatic carbocycles. The van der Waals surface area contributed by atoms with Crippen LogP contribution in [-0.4, -0.2) is 8.42 Å². The summed E-state index contributed by atoms with van der Waals surface area (Å²) in [7, 11) is -3.33. The molecule has 0 amide bonds. The molecule has 0 aliphatic rings. The minimum absolute atomic E-state index is 0.393. The molecule has 0 fully saturated rings. The van der Waals surface area contributed by atoms with Crippen molar-refractivity contribution in [2.45, 2.75) is 51.3 Å². The summed E-state index contributed by atoms with van der Waals surface area (Å²) in [6.07, 6.45) is 3.79. The first kappa shape index (κ1) is 16.7. The molecule has 1 rings (SSSR count). The van der Waals surface area contributed by atoms with Crippen LogP contribution in [0.25, 0.3) is 0 Å². The van der Waals surface area contributed by atoms with Gasteiger partial charge < -0.3 is 0 Å². The predicted molar refractivity (Wildman–Crippen MR) is 89.2 cm³/mol. The van der Waals surface area contributed by atoms with Crippen molar-refractivity contribution in [2.24, 2.45) is 0 Å². The molecule has 0 saturated carbocycles. The maximum absolute atomic E-state index is 12.5. The van der Waals surface area contributed by atoms with Gasteiger partial charge in [0.15, 0.2) is 0 Å². The van der Waals surface area contributed by atoms with Gasteiger partial charge in [0.1, 0.15) is 2.91 Å². The van der Waals surface area contributed by atoms with Crippen LogP contribution in [0.3, 0.4) is 0 Å². The minimum Gasteiger partial charge on any atom is -0.218 e. The molecule has 0 atom stereocenters. The molecule has 0 radical (unpaired) electrons. The summed E-state index contributed by atoms with van der Waals surface area (Å²) in [5.74, 6) is 0. The molecular formula is C15H21IO2S. The average Bonchev–Trinajstić information content (AvgIpc) is 2.39. The fourth-order valence-electron chi connectivity index (χ4n) is 1.82. The first-order valence-corrected chi connectivity index (χ1v) is 9.19. The fraction of sp³-hybridized carbons (Fsp3) is 0.467. The number of hydrogen-bond donors (Lipinski definition) is 0. The summed E-state index contributed by atoms with van der Waals surface area (Å²) in [5.41, 5.74) is 2.11. The van der Waals surface area contributed by atoms with Crippen molar-refractivity contribution in [1.82, 2.24) is 0 Å². The van der Waals surface area contributed by atoms with Crippen LogP contribution in [-0.2, 0) is 9.84 Å². The van der Waals surface area contributed by atoms with Gasteiger partial charge in [0.05, 0.1) is 4.90 Å². The van der Waals surface area contributed by atoms with Gasteiger partial charge in [-0.25, -0.2) is 8.42 Å². The maximum Gasteiger partial charge on any atom is 0.212 e. The Morgan fingerprint density at radius 2 is 1.74 bits per heavy atom. The Morgan fingerprint density at radius 1 is 1.16 bits per heavy atom. The van der Waals surface area contributed by atoms with Crippen LogP contribution < -0.4 is 0 Å². The number of aryl methyl sites for hydroxylation is 1. The molecule has 0 aromatic heterocycles. The van der Waals surface area contributed by atoms with Crippen LogP contribution in [0.1, 0.15) is 45.1 Å². The molecular weight excluding hydrogens is 371 g/mol. The normalized spacial score (nSPS) is 13.3. The van der Waals surface area contributed by atoms with Gasteiger partial charge in [-0.2, -0.15) is 0 Å². The van der Waals surface area contributed by atoms with Crippen LogP contribution >= 0.6 is 22.6 Å². The number of sulfone groups is 1. The molecule has 0 bridgehead atoms. The average molecular weight is 392 g/mol. The lowest BCUT2D eigenvalue weighted by atomic mass is 10.1. The Balaban J connectivity index is 3.17. The highest BCUT2D eigenvalue weighted by atomic mass is 127. The summed E-state index contributed by atoms with van der Waals surface area (Å²) in [6.45, 7) is 6.10. The second-order valence-electron chi connectivity index (χ2n) is 4.65. The van der Waals surface area contributed by atoms with Gasteiger partial charge in [-0.3, -0.25) is 0 Å². The smallest absolute Gasteiger partial charge is 0.212 e. The Labute approximate surface area is 130 Å². The van der Waals surface area contributed by atoms with Crippen molar-refractivity contribution < 1.29 is 8.42 Å². The number of hydrogen-bond acceptors (Lipinski definition) is 2. The van der Waals surface area contributed by atoms with E-state index < -0.39 is 9.84 Å². The van der Waals surface area contributed by atoms with E-state index in [2.05, 4.69) is 6.92 Å². The van der Waals surface area contributed by atoms with Crippen molar-refractivity contribution in [2.75, 3.05) is 0 Å². The van der Waals surface area contributed by atoms with Crippen molar-refractivity contribution in [3.05, 3.63) is 38.3 Å². The molecule has 1 aromatic carbocycles. The van der Waals surface area contributed by atoms with Crippen LogP contribution in [0.5, 0.6) is 0 Å². The summed E-state index contributed by atoms with van der Waals surface area (Å²) >= 11 is 1.99. The van der Waals surface area contributed by atoms with Crippen LogP contribution in [0.15, 0.2) is 37.6 Å². The van der Waals surface area contributed by atoms with E-state index in [-0.39, 0.29) is 0 Å². The molecule has 0 N–H and O–H groups in total. The zero-order valence-electron chi connectivity index (χ0n) is 11.7. The summed E-state index contributed by atoms with van der Waals surface area (Å²) in [5, 5.41) is 0. The van der Waals surface area contributed by atoms with Crippen LogP contribution in [0.4, 0.5) is 0 Å². The van der Waals surface area contributed by atoms with Gasteiger partial charge in [0, 0.05) is 0 Å². The lowest BCUT2D eigenvalue weighted by Gasteiger charge is -2.10. The molecule has 0 heterocycles. The second-order valence-corrected chi connectivity index (χ2v) is 8.35. The molecule has 19 heavy (non-hydrogen) atoms. The third-order valence-corrected chi connectivity index (χ3v) is 7.26. The lowest BCUT2D eigenvalue weighted by Crippen LogP contribution is -2.03. The molecule has 0 aliphatic heterocycles. The Bertz CT molecular complexity index is 542. The SMILES string of the molecule is CCCC/C(CC)=C(/I)S(=O)(=O)c1ccc(C)cc1. The van der Waals surface area contributed by atoms with Gasteiger partial charge in [-0.15, -0.1) is 0 Å². The van der Waals surface area contributed by atoms with Crippen molar-refractivity contribution in [3.63, 3.8) is 0 Å². The Morgan fingerprint density at radius 3 is 2.21 bits per heavy atom. The van der Waals surface area contributed by atoms with E-state index in [1.54, 1.807) is 12.1 Å². The second kappa shape index (κ2) is 7.43. The van der Waals surface area contributed by atoms with E-state index in [0.717, 1.165) is 36.8 Å². The van der Waals surface area contributed by atoms with E-state index in [4.69, 9.17) is 0 Å². The predicted octanol–water partition coefficient (Wildman–Crippen LogP) is 5.02. The largest absolute Gasteiger partial charge is 0.218 e. The standard InChI is InChI=1S/C15H21IO2S/c1-4-6-7-13(5-2)15(16)19(17,18)14-10-8-12(3)9-11-14/h8-11H,4-7H2,1-3H3/b15-13-. The molecule has 0 unspecified atom stereocenters. The zero-order valence-corrected chi connectivity index (χ0v) is 14.7. The van der Waals surface area contributed by atoms with Crippen LogP contribution in [0.2, 0.25) is 0 Å². The highest BCUT2D eigenvalue weighted by molar-refractivity contribution is 14.1. The molecule has 2 nitrogen and oxygen atoms in total. The number of allylic oxidation sites excluding steroid dienone is 1. The third-order valence-electron chi connectivity index (χ3n) is 3.10. The van der Waals surface area contributed by atoms with E-state index in [1.165, 1.54) is 0 Å². The van der Waals surface area contributed by atoms with Gasteiger partial charge in [0.25, 0.3) is 0 Å². The van der Waals surface area contributed by atoms with Gasteiger partial charge >= 0.3 is 0 Å². The maximum atomic E-state index is 12.5. The lowest BCUT2D eigenvalue weighted by molar-refractivity contribution is 0.603. The number of halogens is 1. The topological polar surface area (TPSA) is 34.1 Å². The minimum atomic E-state index is -3.33. The van der Waals surface area contributed by atoms with Gasteiger partial charge in [-0.05, 0) is 66.5 Å². The molecule has 0 saturated heterocycles. The molecule has 0 spiro atoms. The summed E-state index contributed by atoms with van der Waals surface area (Å²) < 4.78 is 25.6. The van der Waals surface area contributed by atoms with Crippen molar-refractivity contribution in [3.8, 4) is 0 Å². The molecule has 1 aromatic rings. The fourth-order valence-corrected chi connectivity index (χ4v) is 4.56. The highest BCUT2D eigenvalue weighted by Gasteiger charge is 2.21. The van der Waals surface area contributed by atoms with Gasteiger partial charge in [-0.1, -0.05) is 38.0 Å². The van der Waals surface area contributed by atoms with Crippen molar-refractivity contribution in [1.29, 1.82) is 0 Å². The van der Waals surface area contributed by atoms with E-state index >= 15 is 0 Å². The number of rotatable bonds is 6. The summed E-state index contributed by atoms with van der Waals surface area (Å²) in [4.78, 5) is 0.393. The molecule has 4 heteroatoms. The monoisotopic (exact) mass is 392 g/mol. The first-order chi connectivity index (χ1) is 8.93. The third kappa shape index (κ3) is 4.31. The zero-order chi connectivity index (χ0) is 14.5. The number of unbranched alkanes of at least 4 members (excludes halogenated alkanes) is 1. The Kier molecular flexibility index (Phi) is 6.53. The number of benzene rings is 1. The highest BCUT2D eigenvalue weighted by Crippen LogP contribution is 2.31. The first-order valence-electron chi connectivity index (χ1n) is 6.62. The van der Waals surface area contributed by atoms with E-state index in [9.17, 15) is 8.42 Å². The van der Waals surface area contributed by atoms with E-state index in [0.29, 0.717) is 7.81 Å². The van der Waals surface area contributed by atoms with Crippen LogP contribution in [0, 0.1) is 6.92 Å². The molecule has 106 valence electrons. The van der Waals surface area contributed by atoms with E-state index in [1.807, 2.05) is 48.6 Å². The quantitative estimate of drug-likeness (QED) is 0.638. The van der Waals surface area contributed by atoms with Crippen molar-refractivity contribution >= 4 is 32.4 Å². The Hall–Kier alpha value is -0.360. The summed E-state index contributed by atoms with van der Waals surface area (Å²) in [6, 6.07) is 7.07. The van der Waals surface area contributed by atoms with Gasteiger partial charge in [0.2, 0.25) is 9.84 Å².